The molecule has 0 saturated carbocycles. The van der Waals surface area contributed by atoms with Gasteiger partial charge in [-0.15, -0.1) is 0 Å². The summed E-state index contributed by atoms with van der Waals surface area (Å²) in [6.07, 6.45) is 0. The number of aromatic nitrogens is 2. The smallest absolute Gasteiger partial charge is 0.338 e. The van der Waals surface area contributed by atoms with Crippen molar-refractivity contribution >= 4 is 17.7 Å². The van der Waals surface area contributed by atoms with Crippen molar-refractivity contribution in [1.29, 1.82) is 0 Å². The van der Waals surface area contributed by atoms with Gasteiger partial charge in [0.1, 0.15) is 0 Å². The van der Waals surface area contributed by atoms with E-state index in [-0.39, 0.29) is 11.0 Å². The van der Waals surface area contributed by atoms with Crippen LogP contribution in [0.15, 0.2) is 40.3 Å². The molecule has 0 spiro atoms. The highest BCUT2D eigenvalue weighted by Gasteiger charge is 2.11. The van der Waals surface area contributed by atoms with Gasteiger partial charge in [0.05, 0.1) is 18.7 Å². The molecule has 1 aromatic heterocycles. The third kappa shape index (κ3) is 3.39. The molecular weight excluding hydrogens is 280 g/mol. The summed E-state index contributed by atoms with van der Waals surface area (Å²) < 4.78 is 4.71. The molecule has 2 rings (SSSR count). The molecule has 0 radical (unpaired) electrons. The van der Waals surface area contributed by atoms with Crippen LogP contribution in [0.2, 0.25) is 0 Å². The summed E-state index contributed by atoms with van der Waals surface area (Å²) in [7, 11) is 1.32. The Labute approximate surface area is 118 Å². The highest BCUT2D eigenvalue weighted by atomic mass is 32.2. The Morgan fingerprint density at radius 2 is 2.20 bits per heavy atom. The van der Waals surface area contributed by atoms with Crippen LogP contribution in [-0.4, -0.2) is 28.2 Å². The topological polar surface area (TPSA) is 92.3 Å². The quantitative estimate of drug-likeness (QED) is 0.504. The summed E-state index contributed by atoms with van der Waals surface area (Å²) >= 11 is 1.21. The predicted molar refractivity (Wildman–Crippen MR) is 73.9 cm³/mol. The zero-order chi connectivity index (χ0) is 14.5. The van der Waals surface area contributed by atoms with Crippen LogP contribution in [-0.2, 0) is 10.5 Å². The van der Waals surface area contributed by atoms with Crippen molar-refractivity contribution < 1.29 is 14.6 Å². The van der Waals surface area contributed by atoms with Crippen molar-refractivity contribution in [3.8, 4) is 5.88 Å². The molecule has 20 heavy (non-hydrogen) atoms. The second-order valence-electron chi connectivity index (χ2n) is 3.85. The van der Waals surface area contributed by atoms with Crippen molar-refractivity contribution in [3.05, 3.63) is 51.8 Å². The van der Waals surface area contributed by atoms with E-state index in [2.05, 4.69) is 9.97 Å². The van der Waals surface area contributed by atoms with Crippen LogP contribution in [0.4, 0.5) is 0 Å². The number of methoxy groups -OCH3 is 1. The SMILES string of the molecule is COC(=O)c1ccccc1CSc1nc(O)cc(=O)[nH]1. The van der Waals surface area contributed by atoms with Crippen molar-refractivity contribution in [1.82, 2.24) is 9.97 Å². The maximum absolute atomic E-state index is 11.6. The van der Waals surface area contributed by atoms with E-state index >= 15 is 0 Å². The van der Waals surface area contributed by atoms with Gasteiger partial charge in [0.2, 0.25) is 5.88 Å². The van der Waals surface area contributed by atoms with Crippen molar-refractivity contribution in [2.75, 3.05) is 7.11 Å². The van der Waals surface area contributed by atoms with Crippen LogP contribution < -0.4 is 5.56 Å². The standard InChI is InChI=1S/C13H12N2O4S/c1-19-12(18)9-5-3-2-4-8(9)7-20-13-14-10(16)6-11(17)15-13/h2-6H,7H2,1H3,(H2,14,15,16,17). The summed E-state index contributed by atoms with van der Waals surface area (Å²) in [6, 6.07) is 8.00. The number of benzene rings is 1. The molecule has 0 bridgehead atoms. The van der Waals surface area contributed by atoms with E-state index in [0.717, 1.165) is 11.6 Å². The van der Waals surface area contributed by atoms with Gasteiger partial charge in [-0.05, 0) is 11.6 Å². The Morgan fingerprint density at radius 3 is 2.90 bits per heavy atom. The lowest BCUT2D eigenvalue weighted by atomic mass is 10.1. The van der Waals surface area contributed by atoms with E-state index < -0.39 is 11.5 Å². The summed E-state index contributed by atoms with van der Waals surface area (Å²) in [5, 5.41) is 9.54. The van der Waals surface area contributed by atoms with Crippen LogP contribution in [0.1, 0.15) is 15.9 Å². The molecule has 0 atom stereocenters. The number of esters is 1. The fourth-order valence-corrected chi connectivity index (χ4v) is 2.47. The summed E-state index contributed by atoms with van der Waals surface area (Å²) in [4.78, 5) is 29.1. The number of rotatable bonds is 4. The Kier molecular flexibility index (Phi) is 4.41. The first kappa shape index (κ1) is 14.1. The number of aromatic hydroxyl groups is 1. The Bertz CT molecular complexity index is 684. The minimum Gasteiger partial charge on any atom is -0.493 e. The number of ether oxygens (including phenoxy) is 1. The molecule has 1 aromatic carbocycles. The average Bonchev–Trinajstić information content (AvgIpc) is 2.43. The van der Waals surface area contributed by atoms with Gasteiger partial charge in [-0.25, -0.2) is 4.79 Å². The number of nitrogens with one attached hydrogen (secondary N) is 1. The molecular formula is C13H12N2O4S. The first-order chi connectivity index (χ1) is 9.60. The van der Waals surface area contributed by atoms with Gasteiger partial charge < -0.3 is 14.8 Å². The van der Waals surface area contributed by atoms with Crippen LogP contribution in [0.3, 0.4) is 0 Å². The molecule has 0 aliphatic rings. The number of H-pyrrole nitrogens is 1. The minimum atomic E-state index is -0.429. The van der Waals surface area contributed by atoms with Gasteiger partial charge in [0.15, 0.2) is 5.16 Å². The fourth-order valence-electron chi connectivity index (χ4n) is 1.59. The molecule has 104 valence electrons. The Morgan fingerprint density at radius 1 is 1.45 bits per heavy atom. The molecule has 1 heterocycles. The molecule has 0 saturated heterocycles. The number of nitrogens with zero attached hydrogens (tertiary/aromatic N) is 1. The van der Waals surface area contributed by atoms with Crippen LogP contribution in [0.25, 0.3) is 0 Å². The number of carbonyl (C=O) groups excluding carboxylic acids is 1. The predicted octanol–water partition coefficient (Wildman–Crippen LogP) is 1.55. The molecule has 0 amide bonds. The molecule has 0 aliphatic heterocycles. The van der Waals surface area contributed by atoms with Gasteiger partial charge in [-0.3, -0.25) is 4.79 Å². The second-order valence-corrected chi connectivity index (χ2v) is 4.81. The molecule has 2 N–H and O–H groups in total. The minimum absolute atomic E-state index is 0.287. The zero-order valence-corrected chi connectivity index (χ0v) is 11.4. The third-order valence-corrected chi connectivity index (χ3v) is 3.42. The number of carbonyl (C=O) groups is 1. The van der Waals surface area contributed by atoms with Gasteiger partial charge in [0, 0.05) is 5.75 Å². The highest BCUT2D eigenvalue weighted by molar-refractivity contribution is 7.98. The first-order valence-corrected chi connectivity index (χ1v) is 6.68. The second kappa shape index (κ2) is 6.25. The van der Waals surface area contributed by atoms with E-state index in [1.54, 1.807) is 24.3 Å². The van der Waals surface area contributed by atoms with Crippen LogP contribution in [0, 0.1) is 0 Å². The molecule has 2 aromatic rings. The van der Waals surface area contributed by atoms with E-state index in [4.69, 9.17) is 4.74 Å². The van der Waals surface area contributed by atoms with Gasteiger partial charge in [-0.1, -0.05) is 30.0 Å². The normalized spacial score (nSPS) is 10.2. The lowest BCUT2D eigenvalue weighted by molar-refractivity contribution is 0.0600. The molecule has 6 nitrogen and oxygen atoms in total. The fraction of sp³-hybridized carbons (Fsp3) is 0.154. The van der Waals surface area contributed by atoms with E-state index in [0.29, 0.717) is 11.3 Å². The molecule has 0 unspecified atom stereocenters. The van der Waals surface area contributed by atoms with Crippen molar-refractivity contribution in [3.63, 3.8) is 0 Å². The first-order valence-electron chi connectivity index (χ1n) is 5.69. The molecule has 7 heteroatoms. The number of thioether (sulfide) groups is 1. The summed E-state index contributed by atoms with van der Waals surface area (Å²) in [5.41, 5.74) is 0.793. The van der Waals surface area contributed by atoms with Crippen LogP contribution in [0.5, 0.6) is 5.88 Å². The maximum atomic E-state index is 11.6. The lowest BCUT2D eigenvalue weighted by Gasteiger charge is -2.07. The molecule has 0 aliphatic carbocycles. The largest absolute Gasteiger partial charge is 0.493 e. The molecule has 0 fully saturated rings. The Hall–Kier alpha value is -2.28. The van der Waals surface area contributed by atoms with Gasteiger partial charge >= 0.3 is 5.97 Å². The van der Waals surface area contributed by atoms with E-state index in [1.807, 2.05) is 0 Å². The summed E-state index contributed by atoms with van der Waals surface area (Å²) in [5.74, 6) is -0.339. The highest BCUT2D eigenvalue weighted by Crippen LogP contribution is 2.22. The van der Waals surface area contributed by atoms with Crippen molar-refractivity contribution in [2.24, 2.45) is 0 Å². The number of hydrogen-bond acceptors (Lipinski definition) is 6. The average molecular weight is 292 g/mol. The summed E-state index contributed by atoms with van der Waals surface area (Å²) in [6.45, 7) is 0. The van der Waals surface area contributed by atoms with E-state index in [1.165, 1.54) is 18.9 Å². The zero-order valence-electron chi connectivity index (χ0n) is 10.6. The van der Waals surface area contributed by atoms with Crippen LogP contribution >= 0.6 is 11.8 Å². The maximum Gasteiger partial charge on any atom is 0.338 e. The van der Waals surface area contributed by atoms with Crippen molar-refractivity contribution in [2.45, 2.75) is 10.9 Å². The lowest BCUT2D eigenvalue weighted by Crippen LogP contribution is -2.07. The van der Waals surface area contributed by atoms with E-state index in [9.17, 15) is 14.7 Å². The Balaban J connectivity index is 2.19. The number of hydrogen-bond donors (Lipinski definition) is 2. The van der Waals surface area contributed by atoms with Gasteiger partial charge in [0.25, 0.3) is 5.56 Å². The number of aromatic amines is 1. The monoisotopic (exact) mass is 292 g/mol. The van der Waals surface area contributed by atoms with Gasteiger partial charge in [-0.2, -0.15) is 4.98 Å². The third-order valence-electron chi connectivity index (χ3n) is 2.49.